The maximum Gasteiger partial charge on any atom is 0.514 e. The molecule has 6 atom stereocenters. The van der Waals surface area contributed by atoms with Crippen molar-refractivity contribution in [1.29, 1.82) is 0 Å². The second kappa shape index (κ2) is 12.0. The van der Waals surface area contributed by atoms with E-state index in [1.165, 1.54) is 6.07 Å². The lowest BCUT2D eigenvalue weighted by atomic mass is 9.51. The van der Waals surface area contributed by atoms with Crippen LogP contribution in [0.3, 0.4) is 0 Å². The molecular formula is C43H38BrNO13. The Bertz CT molecular complexity index is 2560. The number of halogens is 1. The number of aromatic nitrogens is 1. The van der Waals surface area contributed by atoms with Crippen LogP contribution in [0, 0.1) is 12.8 Å². The van der Waals surface area contributed by atoms with Crippen LogP contribution in [0.2, 0.25) is 0 Å². The van der Waals surface area contributed by atoms with Gasteiger partial charge in [0.1, 0.15) is 39.6 Å². The van der Waals surface area contributed by atoms with Gasteiger partial charge in [-0.3, -0.25) is 14.4 Å². The number of alkyl halides is 1. The lowest BCUT2D eigenvalue weighted by Gasteiger charge is -2.52. The summed E-state index contributed by atoms with van der Waals surface area (Å²) in [7, 11) is 0. The highest BCUT2D eigenvalue weighted by atomic mass is 79.9. The second-order valence-electron chi connectivity index (χ2n) is 17.4. The smallest absolute Gasteiger partial charge is 0.455 e. The molecule has 3 aromatic carbocycles. The minimum absolute atomic E-state index is 0.0460. The Hall–Kier alpha value is -5.54. The number of ether oxygens (including phenoxy) is 7. The number of aryl methyl sites for hydroxylation is 1. The van der Waals surface area contributed by atoms with E-state index in [4.69, 9.17) is 37.7 Å². The molecule has 0 bridgehead atoms. The van der Waals surface area contributed by atoms with Gasteiger partial charge >= 0.3 is 12.3 Å². The standard InChI is InChI=1S/C43H38BrNO13/c1-18-15-21-26(25(16-18)53-38(50)57-40(6,7)8)32(48)27-20(31(21)47)13-14-23-33(27)55-43-22-11-10-12-24(52-37(49)56-39(3,4)5)28(22)30-29-34(58-45-30)36(51-17-46)41(9,44)35(19(2)54-43)42(23,29)43/h10-17,19,35-36H,1-9H3/t19-,35+,36+,41+,42-,43+/m1/s1. The minimum Gasteiger partial charge on any atom is -0.455 e. The Morgan fingerprint density at radius 1 is 0.862 bits per heavy atom. The number of fused-ring (bicyclic) bond motifs is 6. The van der Waals surface area contributed by atoms with Gasteiger partial charge in [-0.1, -0.05) is 39.3 Å². The van der Waals surface area contributed by atoms with Gasteiger partial charge < -0.3 is 37.7 Å². The van der Waals surface area contributed by atoms with Gasteiger partial charge in [0.25, 0.3) is 12.3 Å². The van der Waals surface area contributed by atoms with Gasteiger partial charge in [0.05, 0.1) is 27.1 Å². The molecule has 0 radical (unpaired) electrons. The number of benzene rings is 3. The zero-order valence-corrected chi connectivity index (χ0v) is 34.6. The highest BCUT2D eigenvalue weighted by Gasteiger charge is 2.82. The predicted molar refractivity (Wildman–Crippen MR) is 204 cm³/mol. The number of ketones is 2. The number of rotatable bonds is 4. The molecule has 3 aliphatic carbocycles. The van der Waals surface area contributed by atoms with Crippen LogP contribution in [0.5, 0.6) is 17.2 Å². The number of hydrogen-bond donors (Lipinski definition) is 0. The van der Waals surface area contributed by atoms with E-state index >= 15 is 4.79 Å². The molecule has 0 N–H and O–H groups in total. The molecule has 1 spiro atoms. The number of nitrogens with zero attached hydrogens (tertiary/aromatic N) is 1. The van der Waals surface area contributed by atoms with Gasteiger partial charge in [-0.25, -0.2) is 9.59 Å². The second-order valence-corrected chi connectivity index (χ2v) is 19.1. The maximum absolute atomic E-state index is 15.1. The van der Waals surface area contributed by atoms with E-state index in [2.05, 4.69) is 21.1 Å². The third-order valence-electron chi connectivity index (χ3n) is 11.3. The summed E-state index contributed by atoms with van der Waals surface area (Å²) in [4.78, 5) is 67.8. The fraction of sp³-hybridized carbons (Fsp3) is 0.395. The van der Waals surface area contributed by atoms with E-state index in [1.54, 1.807) is 84.9 Å². The van der Waals surface area contributed by atoms with Crippen LogP contribution in [0.4, 0.5) is 9.59 Å². The predicted octanol–water partition coefficient (Wildman–Crippen LogP) is 8.31. The summed E-state index contributed by atoms with van der Waals surface area (Å²) in [6, 6.07) is 11.4. The Morgan fingerprint density at radius 3 is 2.19 bits per heavy atom. The molecule has 1 saturated heterocycles. The average molecular weight is 857 g/mol. The molecule has 4 aromatic rings. The molecule has 5 aliphatic rings. The third-order valence-corrected chi connectivity index (χ3v) is 12.2. The van der Waals surface area contributed by atoms with Gasteiger partial charge in [0.2, 0.25) is 5.78 Å². The van der Waals surface area contributed by atoms with Gasteiger partial charge in [-0.15, -0.1) is 0 Å². The van der Waals surface area contributed by atoms with Crippen molar-refractivity contribution in [3.05, 3.63) is 92.7 Å². The topological polar surface area (TPSA) is 176 Å². The lowest BCUT2D eigenvalue weighted by Crippen LogP contribution is -2.60. The fourth-order valence-electron chi connectivity index (χ4n) is 9.73. The Kier molecular flexibility index (Phi) is 7.87. The summed E-state index contributed by atoms with van der Waals surface area (Å²) < 4.78 is 47.4. The molecule has 14 nitrogen and oxygen atoms in total. The summed E-state index contributed by atoms with van der Waals surface area (Å²) in [5.41, 5.74) is -0.862. The van der Waals surface area contributed by atoms with E-state index in [1.807, 2.05) is 13.8 Å². The van der Waals surface area contributed by atoms with Crippen molar-refractivity contribution < 1.29 is 61.7 Å². The van der Waals surface area contributed by atoms with E-state index in [-0.39, 0.29) is 56.5 Å². The van der Waals surface area contributed by atoms with Crippen LogP contribution in [0.1, 0.15) is 121 Å². The van der Waals surface area contributed by atoms with Crippen molar-refractivity contribution in [2.24, 2.45) is 5.92 Å². The molecule has 15 heteroatoms. The quantitative estimate of drug-likeness (QED) is 0.0554. The van der Waals surface area contributed by atoms with Crippen LogP contribution in [0.25, 0.3) is 11.3 Å². The van der Waals surface area contributed by atoms with Crippen molar-refractivity contribution in [3.63, 3.8) is 0 Å². The summed E-state index contributed by atoms with van der Waals surface area (Å²) in [6.45, 7) is 15.9. The van der Waals surface area contributed by atoms with Crippen LogP contribution in [0.15, 0.2) is 47.0 Å². The highest BCUT2D eigenvalue weighted by molar-refractivity contribution is 9.10. The Morgan fingerprint density at radius 2 is 1.53 bits per heavy atom. The molecule has 3 heterocycles. The minimum atomic E-state index is -1.81. The normalized spacial score (nSPS) is 26.8. The van der Waals surface area contributed by atoms with Crippen molar-refractivity contribution in [3.8, 4) is 28.5 Å². The molecule has 1 fully saturated rings. The summed E-state index contributed by atoms with van der Waals surface area (Å²) >= 11 is 3.94. The van der Waals surface area contributed by atoms with Crippen LogP contribution in [-0.2, 0) is 34.9 Å². The first kappa shape index (κ1) is 38.0. The highest BCUT2D eigenvalue weighted by Crippen LogP contribution is 2.78. The summed E-state index contributed by atoms with van der Waals surface area (Å²) in [5, 5.41) is 4.55. The molecule has 300 valence electrons. The van der Waals surface area contributed by atoms with Gasteiger partial charge in [0, 0.05) is 33.7 Å². The van der Waals surface area contributed by atoms with Gasteiger partial charge in [0.15, 0.2) is 17.6 Å². The van der Waals surface area contributed by atoms with E-state index < -0.39 is 68.7 Å². The first-order valence-corrected chi connectivity index (χ1v) is 19.5. The van der Waals surface area contributed by atoms with Crippen LogP contribution >= 0.6 is 15.9 Å². The monoisotopic (exact) mass is 855 g/mol. The van der Waals surface area contributed by atoms with Gasteiger partial charge in [-0.05, 0) is 92.1 Å². The molecule has 0 saturated carbocycles. The molecular weight excluding hydrogens is 818 g/mol. The molecule has 2 aliphatic heterocycles. The van der Waals surface area contributed by atoms with Crippen molar-refractivity contribution >= 4 is 46.3 Å². The number of hydrogen-bond acceptors (Lipinski definition) is 14. The van der Waals surface area contributed by atoms with Crippen molar-refractivity contribution in [2.45, 2.75) is 101 Å². The fourth-order valence-corrected chi connectivity index (χ4v) is 10.8. The Balaban J connectivity index is 1.31. The molecule has 9 rings (SSSR count). The molecule has 1 aromatic heterocycles. The van der Waals surface area contributed by atoms with Crippen LogP contribution in [-0.4, -0.2) is 57.1 Å². The Labute approximate surface area is 340 Å². The first-order valence-electron chi connectivity index (χ1n) is 18.7. The summed E-state index contributed by atoms with van der Waals surface area (Å²) in [5.74, 6) is -3.46. The zero-order valence-electron chi connectivity index (χ0n) is 33.0. The molecule has 0 unspecified atom stereocenters. The molecule has 58 heavy (non-hydrogen) atoms. The maximum atomic E-state index is 15.1. The average Bonchev–Trinajstić information content (AvgIpc) is 3.73. The first-order chi connectivity index (χ1) is 27.2. The van der Waals surface area contributed by atoms with Crippen LogP contribution < -0.4 is 14.2 Å². The van der Waals surface area contributed by atoms with E-state index in [0.29, 0.717) is 28.7 Å². The number of carbonyl (C=O) groups excluding carboxylic acids is 5. The van der Waals surface area contributed by atoms with E-state index in [0.717, 1.165) is 0 Å². The SMILES string of the molecule is Cc1cc(OC(=O)OC(C)(C)C)c2c(c1)C(=O)c1ccc3c(c1C2=O)O[C@]12O[C@H](C)[C@H]4[C@](C)(Br)[C@@H](OC=O)c5onc(c5[C@]341)-c1c(OC(=O)OC(C)(C)C)cccc12. The van der Waals surface area contributed by atoms with E-state index in [9.17, 15) is 19.2 Å². The van der Waals surface area contributed by atoms with Crippen molar-refractivity contribution in [1.82, 2.24) is 5.16 Å². The third kappa shape index (κ3) is 4.92. The lowest BCUT2D eigenvalue weighted by molar-refractivity contribution is -0.187. The van der Waals surface area contributed by atoms with Crippen molar-refractivity contribution in [2.75, 3.05) is 0 Å². The molecule has 0 amide bonds. The summed E-state index contributed by atoms with van der Waals surface area (Å²) in [6.07, 6.45) is -3.71. The largest absolute Gasteiger partial charge is 0.514 e. The van der Waals surface area contributed by atoms with Gasteiger partial charge in [-0.2, -0.15) is 0 Å². The zero-order chi connectivity index (χ0) is 41.6. The number of carbonyl (C=O) groups is 5.